The lowest BCUT2D eigenvalue weighted by molar-refractivity contribution is -0.125. The van der Waals surface area contributed by atoms with Crippen molar-refractivity contribution in [1.29, 1.82) is 0 Å². The SMILES string of the molecule is Cc1nnc(NCC(O)C(N)=O)c2ccccc12. The average Bonchev–Trinajstić information content (AvgIpc) is 2.38. The number of hydrogen-bond donors (Lipinski definition) is 3. The Morgan fingerprint density at radius 2 is 2.06 bits per heavy atom. The van der Waals surface area contributed by atoms with Gasteiger partial charge in [-0.05, 0) is 6.92 Å². The molecule has 2 rings (SSSR count). The molecule has 1 amide bonds. The van der Waals surface area contributed by atoms with E-state index in [9.17, 15) is 9.90 Å². The summed E-state index contributed by atoms with van der Waals surface area (Å²) in [5, 5.41) is 22.1. The molecule has 0 saturated carbocycles. The van der Waals surface area contributed by atoms with E-state index in [1.807, 2.05) is 31.2 Å². The number of aromatic nitrogens is 2. The molecule has 2 aromatic rings. The largest absolute Gasteiger partial charge is 0.381 e. The van der Waals surface area contributed by atoms with Crippen molar-refractivity contribution in [2.75, 3.05) is 11.9 Å². The smallest absolute Gasteiger partial charge is 0.248 e. The Bertz CT molecular complexity index is 585. The van der Waals surface area contributed by atoms with Gasteiger partial charge in [0.2, 0.25) is 5.91 Å². The average molecular weight is 246 g/mol. The third-order valence-corrected chi connectivity index (χ3v) is 2.66. The molecule has 0 spiro atoms. The first kappa shape index (κ1) is 12.3. The molecule has 0 aliphatic heterocycles. The second kappa shape index (κ2) is 4.97. The zero-order valence-corrected chi connectivity index (χ0v) is 9.92. The highest BCUT2D eigenvalue weighted by Crippen LogP contribution is 2.21. The molecule has 1 heterocycles. The summed E-state index contributed by atoms with van der Waals surface area (Å²) >= 11 is 0. The van der Waals surface area contributed by atoms with Crippen LogP contribution in [0.15, 0.2) is 24.3 Å². The number of nitrogens with zero attached hydrogens (tertiary/aromatic N) is 2. The molecule has 0 radical (unpaired) electrons. The van der Waals surface area contributed by atoms with Crippen LogP contribution in [0.1, 0.15) is 5.69 Å². The van der Waals surface area contributed by atoms with E-state index in [4.69, 9.17) is 5.73 Å². The van der Waals surface area contributed by atoms with E-state index < -0.39 is 12.0 Å². The number of aliphatic hydroxyl groups excluding tert-OH is 1. The second-order valence-electron chi connectivity index (χ2n) is 3.98. The molecule has 1 aromatic carbocycles. The summed E-state index contributed by atoms with van der Waals surface area (Å²) in [6.07, 6.45) is -1.24. The van der Waals surface area contributed by atoms with Crippen molar-refractivity contribution in [3.63, 3.8) is 0 Å². The van der Waals surface area contributed by atoms with Crippen molar-refractivity contribution < 1.29 is 9.90 Å². The fourth-order valence-electron chi connectivity index (χ4n) is 1.66. The number of nitrogens with one attached hydrogen (secondary N) is 1. The van der Waals surface area contributed by atoms with Gasteiger partial charge in [-0.3, -0.25) is 4.79 Å². The number of amides is 1. The van der Waals surface area contributed by atoms with E-state index in [2.05, 4.69) is 15.5 Å². The number of aliphatic hydroxyl groups is 1. The van der Waals surface area contributed by atoms with Gasteiger partial charge >= 0.3 is 0 Å². The zero-order chi connectivity index (χ0) is 13.1. The molecule has 1 atom stereocenters. The minimum atomic E-state index is -1.24. The highest BCUT2D eigenvalue weighted by atomic mass is 16.3. The molecule has 4 N–H and O–H groups in total. The number of fused-ring (bicyclic) bond motifs is 1. The summed E-state index contributed by atoms with van der Waals surface area (Å²) in [5.74, 6) is -0.247. The van der Waals surface area contributed by atoms with Crippen LogP contribution in [0.25, 0.3) is 10.8 Å². The Morgan fingerprint density at radius 3 is 2.72 bits per heavy atom. The van der Waals surface area contributed by atoms with Crippen LogP contribution in [-0.4, -0.2) is 33.9 Å². The molecule has 0 bridgehead atoms. The van der Waals surface area contributed by atoms with Crippen LogP contribution >= 0.6 is 0 Å². The summed E-state index contributed by atoms with van der Waals surface area (Å²) < 4.78 is 0. The van der Waals surface area contributed by atoms with E-state index in [0.29, 0.717) is 5.82 Å². The van der Waals surface area contributed by atoms with Gasteiger partial charge in [0.15, 0.2) is 5.82 Å². The minimum absolute atomic E-state index is 0.0110. The minimum Gasteiger partial charge on any atom is -0.381 e. The number of aryl methyl sites for hydroxylation is 1. The third kappa shape index (κ3) is 2.38. The van der Waals surface area contributed by atoms with Crippen LogP contribution in [0.5, 0.6) is 0 Å². The normalized spacial score (nSPS) is 12.3. The molecule has 0 saturated heterocycles. The maximum atomic E-state index is 10.7. The first-order valence-electron chi connectivity index (χ1n) is 5.53. The molecule has 0 aliphatic rings. The Kier molecular flexibility index (Phi) is 3.38. The van der Waals surface area contributed by atoms with Gasteiger partial charge in [0.05, 0.1) is 12.2 Å². The summed E-state index contributed by atoms with van der Waals surface area (Å²) in [5.41, 5.74) is 5.80. The van der Waals surface area contributed by atoms with Crippen LogP contribution in [0, 0.1) is 6.92 Å². The van der Waals surface area contributed by atoms with Gasteiger partial charge in [-0.25, -0.2) is 0 Å². The number of hydrogen-bond acceptors (Lipinski definition) is 5. The van der Waals surface area contributed by atoms with Crippen molar-refractivity contribution in [3.8, 4) is 0 Å². The van der Waals surface area contributed by atoms with Gasteiger partial charge in [-0.2, -0.15) is 5.10 Å². The molecule has 94 valence electrons. The predicted molar refractivity (Wildman–Crippen MR) is 68.0 cm³/mol. The van der Waals surface area contributed by atoms with Gasteiger partial charge in [-0.15, -0.1) is 5.10 Å². The number of anilines is 1. The Hall–Kier alpha value is -2.21. The molecule has 18 heavy (non-hydrogen) atoms. The monoisotopic (exact) mass is 246 g/mol. The molecule has 0 fully saturated rings. The molecule has 1 aromatic heterocycles. The quantitative estimate of drug-likeness (QED) is 0.715. The lowest BCUT2D eigenvalue weighted by Crippen LogP contribution is -2.34. The summed E-state index contributed by atoms with van der Waals surface area (Å²) in [6, 6.07) is 7.64. The van der Waals surface area contributed by atoms with Gasteiger partial charge < -0.3 is 16.2 Å². The van der Waals surface area contributed by atoms with Gasteiger partial charge in [0.1, 0.15) is 6.10 Å². The fraction of sp³-hybridized carbons (Fsp3) is 0.250. The topological polar surface area (TPSA) is 101 Å². The molecule has 6 heteroatoms. The summed E-state index contributed by atoms with van der Waals surface area (Å²) in [6.45, 7) is 1.88. The maximum absolute atomic E-state index is 10.7. The fourth-order valence-corrected chi connectivity index (χ4v) is 1.66. The van der Waals surface area contributed by atoms with Crippen LogP contribution in [0.2, 0.25) is 0 Å². The number of carbonyl (C=O) groups excluding carboxylic acids is 1. The molecular formula is C12H14N4O2. The standard InChI is InChI=1S/C12H14N4O2/c1-7-8-4-2-3-5-9(8)12(16-15-7)14-6-10(17)11(13)18/h2-5,10,17H,6H2,1H3,(H2,13,18)(H,14,16). The van der Waals surface area contributed by atoms with Crippen molar-refractivity contribution in [2.24, 2.45) is 5.73 Å². The molecule has 6 nitrogen and oxygen atoms in total. The third-order valence-electron chi connectivity index (χ3n) is 2.66. The maximum Gasteiger partial charge on any atom is 0.248 e. The van der Waals surface area contributed by atoms with E-state index in [0.717, 1.165) is 16.5 Å². The number of rotatable bonds is 4. The van der Waals surface area contributed by atoms with E-state index in [-0.39, 0.29) is 6.54 Å². The Balaban J connectivity index is 2.29. The number of nitrogens with two attached hydrogens (primary N) is 1. The molecule has 0 aliphatic carbocycles. The first-order valence-corrected chi connectivity index (χ1v) is 5.53. The zero-order valence-electron chi connectivity index (χ0n) is 9.92. The van der Waals surface area contributed by atoms with Crippen LogP contribution in [-0.2, 0) is 4.79 Å². The van der Waals surface area contributed by atoms with Crippen molar-refractivity contribution in [3.05, 3.63) is 30.0 Å². The van der Waals surface area contributed by atoms with Crippen molar-refractivity contribution in [1.82, 2.24) is 10.2 Å². The summed E-state index contributed by atoms with van der Waals surface area (Å²) in [7, 11) is 0. The lowest BCUT2D eigenvalue weighted by Gasteiger charge is -2.11. The summed E-state index contributed by atoms with van der Waals surface area (Å²) in [4.78, 5) is 10.7. The lowest BCUT2D eigenvalue weighted by atomic mass is 10.1. The van der Waals surface area contributed by atoms with Crippen LogP contribution in [0.4, 0.5) is 5.82 Å². The molecular weight excluding hydrogens is 232 g/mol. The van der Waals surface area contributed by atoms with Crippen molar-refractivity contribution in [2.45, 2.75) is 13.0 Å². The van der Waals surface area contributed by atoms with Crippen molar-refractivity contribution >= 4 is 22.5 Å². The van der Waals surface area contributed by atoms with Crippen LogP contribution < -0.4 is 11.1 Å². The van der Waals surface area contributed by atoms with Crippen LogP contribution in [0.3, 0.4) is 0 Å². The highest BCUT2D eigenvalue weighted by molar-refractivity contribution is 5.93. The first-order chi connectivity index (χ1) is 8.59. The van der Waals surface area contributed by atoms with E-state index in [1.165, 1.54) is 0 Å². The van der Waals surface area contributed by atoms with E-state index >= 15 is 0 Å². The Labute approximate surface area is 104 Å². The predicted octanol–water partition coefficient (Wildman–Crippen LogP) is 0.196. The Morgan fingerprint density at radius 1 is 1.39 bits per heavy atom. The van der Waals surface area contributed by atoms with Gasteiger partial charge in [-0.1, -0.05) is 24.3 Å². The highest BCUT2D eigenvalue weighted by Gasteiger charge is 2.12. The number of carbonyl (C=O) groups is 1. The van der Waals surface area contributed by atoms with Gasteiger partial charge in [0, 0.05) is 10.8 Å². The van der Waals surface area contributed by atoms with Gasteiger partial charge in [0.25, 0.3) is 0 Å². The van der Waals surface area contributed by atoms with E-state index in [1.54, 1.807) is 0 Å². The number of primary amides is 1. The second-order valence-corrected chi connectivity index (χ2v) is 3.98. The molecule has 1 unspecified atom stereocenters. The number of benzene rings is 1.